The van der Waals surface area contributed by atoms with Crippen LogP contribution in [0.5, 0.6) is 5.75 Å². The summed E-state index contributed by atoms with van der Waals surface area (Å²) in [4.78, 5) is 26.2. The van der Waals surface area contributed by atoms with Gasteiger partial charge < -0.3 is 10.1 Å². The van der Waals surface area contributed by atoms with Crippen LogP contribution in [-0.2, 0) is 11.2 Å². The molecule has 6 heteroatoms. The van der Waals surface area contributed by atoms with Crippen molar-refractivity contribution < 1.29 is 14.3 Å². The summed E-state index contributed by atoms with van der Waals surface area (Å²) in [6.07, 6.45) is 1.27. The summed E-state index contributed by atoms with van der Waals surface area (Å²) in [5, 5.41) is 3.39. The summed E-state index contributed by atoms with van der Waals surface area (Å²) in [7, 11) is 0. The summed E-state index contributed by atoms with van der Waals surface area (Å²) in [5.41, 5.74) is 0.252. The van der Waals surface area contributed by atoms with Gasteiger partial charge in [0.05, 0.1) is 6.54 Å². The van der Waals surface area contributed by atoms with Crippen molar-refractivity contribution in [2.45, 2.75) is 25.3 Å². The fraction of sp³-hybridized carbons (Fsp3) is 0.300. The van der Waals surface area contributed by atoms with Crippen LogP contribution in [0.3, 0.4) is 0 Å². The van der Waals surface area contributed by atoms with Gasteiger partial charge in [-0.2, -0.15) is 0 Å². The molecule has 1 atom stereocenters. The van der Waals surface area contributed by atoms with Crippen molar-refractivity contribution in [3.05, 3.63) is 65.2 Å². The molecule has 0 radical (unpaired) electrons. The number of rotatable bonds is 7. The van der Waals surface area contributed by atoms with Crippen LogP contribution < -0.4 is 10.1 Å². The molecule has 5 nitrogen and oxygen atoms in total. The van der Waals surface area contributed by atoms with Gasteiger partial charge in [0.1, 0.15) is 17.9 Å². The Kier molecular flexibility index (Phi) is 5.47. The maximum Gasteiger partial charge on any atom is 0.325 e. The van der Waals surface area contributed by atoms with Gasteiger partial charge in [-0.15, -0.1) is 0 Å². The number of carbonyl (C=O) groups excluding carboxylic acids is 2. The average molecular weight is 373 g/mol. The van der Waals surface area contributed by atoms with Gasteiger partial charge in [0.25, 0.3) is 5.91 Å². The van der Waals surface area contributed by atoms with Gasteiger partial charge in [0, 0.05) is 5.02 Å². The minimum atomic E-state index is -0.886. The first-order valence-corrected chi connectivity index (χ1v) is 8.92. The van der Waals surface area contributed by atoms with Crippen LogP contribution in [0.2, 0.25) is 5.02 Å². The number of carbonyl (C=O) groups is 2. The molecule has 0 aromatic heterocycles. The van der Waals surface area contributed by atoms with Crippen molar-refractivity contribution in [2.75, 3.05) is 13.2 Å². The highest BCUT2D eigenvalue weighted by molar-refractivity contribution is 6.30. The zero-order valence-electron chi connectivity index (χ0n) is 14.6. The lowest BCUT2D eigenvalue weighted by Gasteiger charge is -2.21. The topological polar surface area (TPSA) is 58.6 Å². The quantitative estimate of drug-likeness (QED) is 0.754. The molecule has 1 fully saturated rings. The van der Waals surface area contributed by atoms with E-state index in [1.165, 1.54) is 4.90 Å². The van der Waals surface area contributed by atoms with Crippen molar-refractivity contribution >= 4 is 23.5 Å². The number of halogens is 1. The van der Waals surface area contributed by atoms with E-state index in [9.17, 15) is 9.59 Å². The molecule has 1 heterocycles. The third-order valence-corrected chi connectivity index (χ3v) is 4.72. The minimum Gasteiger partial charge on any atom is -0.492 e. The van der Waals surface area contributed by atoms with Crippen molar-refractivity contribution in [1.82, 2.24) is 10.2 Å². The predicted octanol–water partition coefficient (Wildman–Crippen LogP) is 3.66. The van der Waals surface area contributed by atoms with Gasteiger partial charge in [0.2, 0.25) is 0 Å². The average Bonchev–Trinajstić information content (AvgIpc) is 2.84. The molecule has 3 amide bonds. The normalized spacial score (nSPS) is 19.5. The third-order valence-electron chi connectivity index (χ3n) is 4.48. The Morgan fingerprint density at radius 1 is 1.12 bits per heavy atom. The molecule has 1 unspecified atom stereocenters. The van der Waals surface area contributed by atoms with Gasteiger partial charge in [-0.1, -0.05) is 48.0 Å². The first kappa shape index (κ1) is 18.3. The number of benzene rings is 2. The SMILES string of the molecule is CC1(CCc2ccccc2)NC(=O)N(CCOc2cccc(Cl)c2)C1=O. The van der Waals surface area contributed by atoms with Crippen LogP contribution in [0.4, 0.5) is 4.79 Å². The van der Waals surface area contributed by atoms with Gasteiger partial charge in [-0.05, 0) is 43.5 Å². The first-order chi connectivity index (χ1) is 12.5. The molecular weight excluding hydrogens is 352 g/mol. The molecule has 1 aliphatic heterocycles. The Morgan fingerprint density at radius 2 is 1.88 bits per heavy atom. The summed E-state index contributed by atoms with van der Waals surface area (Å²) >= 11 is 5.91. The molecule has 0 bridgehead atoms. The van der Waals surface area contributed by atoms with Gasteiger partial charge in [-0.25, -0.2) is 4.79 Å². The smallest absolute Gasteiger partial charge is 0.325 e. The third kappa shape index (κ3) is 4.17. The van der Waals surface area contributed by atoms with Crippen LogP contribution in [0, 0.1) is 0 Å². The van der Waals surface area contributed by atoms with Gasteiger partial charge in [0.15, 0.2) is 0 Å². The minimum absolute atomic E-state index is 0.193. The molecule has 136 valence electrons. The first-order valence-electron chi connectivity index (χ1n) is 8.54. The van der Waals surface area contributed by atoms with E-state index in [0.717, 1.165) is 12.0 Å². The van der Waals surface area contributed by atoms with Crippen molar-refractivity contribution in [1.29, 1.82) is 0 Å². The Labute approximate surface area is 157 Å². The van der Waals surface area contributed by atoms with Gasteiger partial charge in [-0.3, -0.25) is 9.69 Å². The fourth-order valence-corrected chi connectivity index (χ4v) is 3.15. The molecule has 0 saturated carbocycles. The monoisotopic (exact) mass is 372 g/mol. The van der Waals surface area contributed by atoms with Crippen molar-refractivity contribution in [3.8, 4) is 5.75 Å². The molecule has 1 aliphatic rings. The van der Waals surface area contributed by atoms with E-state index in [4.69, 9.17) is 16.3 Å². The zero-order valence-corrected chi connectivity index (χ0v) is 15.3. The Hall–Kier alpha value is -2.53. The van der Waals surface area contributed by atoms with E-state index in [2.05, 4.69) is 5.32 Å². The molecule has 0 spiro atoms. The number of ether oxygens (including phenoxy) is 1. The number of hydrogen-bond donors (Lipinski definition) is 1. The fourth-order valence-electron chi connectivity index (χ4n) is 2.97. The van der Waals surface area contributed by atoms with E-state index in [1.807, 2.05) is 30.3 Å². The molecule has 2 aromatic rings. The van der Waals surface area contributed by atoms with Crippen molar-refractivity contribution in [2.24, 2.45) is 0 Å². The van der Waals surface area contributed by atoms with E-state index in [-0.39, 0.29) is 25.1 Å². The Morgan fingerprint density at radius 3 is 2.62 bits per heavy atom. The summed E-state index contributed by atoms with van der Waals surface area (Å²) in [6, 6.07) is 16.5. The largest absolute Gasteiger partial charge is 0.492 e. The summed E-state index contributed by atoms with van der Waals surface area (Å²) in [6.45, 7) is 2.18. The van der Waals surface area contributed by atoms with Crippen molar-refractivity contribution in [3.63, 3.8) is 0 Å². The predicted molar refractivity (Wildman–Crippen MR) is 100 cm³/mol. The van der Waals surface area contributed by atoms with Crippen LogP contribution in [0.25, 0.3) is 0 Å². The van der Waals surface area contributed by atoms with Crippen LogP contribution >= 0.6 is 11.6 Å². The number of amides is 3. The zero-order chi connectivity index (χ0) is 18.6. The summed E-state index contributed by atoms with van der Waals surface area (Å²) < 4.78 is 5.58. The number of imide groups is 1. The van der Waals surface area contributed by atoms with Crippen LogP contribution in [0.15, 0.2) is 54.6 Å². The van der Waals surface area contributed by atoms with E-state index in [1.54, 1.807) is 31.2 Å². The molecule has 0 aliphatic carbocycles. The second-order valence-electron chi connectivity index (χ2n) is 6.51. The highest BCUT2D eigenvalue weighted by atomic mass is 35.5. The molecule has 2 aromatic carbocycles. The second-order valence-corrected chi connectivity index (χ2v) is 6.95. The number of nitrogens with zero attached hydrogens (tertiary/aromatic N) is 1. The van der Waals surface area contributed by atoms with E-state index in [0.29, 0.717) is 17.2 Å². The van der Waals surface area contributed by atoms with E-state index >= 15 is 0 Å². The molecule has 1 N–H and O–H groups in total. The number of urea groups is 1. The molecular formula is C20H21ClN2O3. The molecule has 1 saturated heterocycles. The second kappa shape index (κ2) is 7.79. The number of nitrogens with one attached hydrogen (secondary N) is 1. The van der Waals surface area contributed by atoms with Gasteiger partial charge >= 0.3 is 6.03 Å². The van der Waals surface area contributed by atoms with Crippen LogP contribution in [0.1, 0.15) is 18.9 Å². The lowest BCUT2D eigenvalue weighted by Crippen LogP contribution is -2.44. The molecule has 3 rings (SSSR count). The lowest BCUT2D eigenvalue weighted by molar-refractivity contribution is -0.131. The maximum atomic E-state index is 12.7. The van der Waals surface area contributed by atoms with Crippen LogP contribution in [-0.4, -0.2) is 35.5 Å². The number of aryl methyl sites for hydroxylation is 1. The Bertz CT molecular complexity index is 797. The summed E-state index contributed by atoms with van der Waals surface area (Å²) in [5.74, 6) is 0.393. The Balaban J connectivity index is 1.55. The molecule has 26 heavy (non-hydrogen) atoms. The maximum absolute atomic E-state index is 12.7. The van der Waals surface area contributed by atoms with E-state index < -0.39 is 5.54 Å². The highest BCUT2D eigenvalue weighted by Crippen LogP contribution is 2.23. The highest BCUT2D eigenvalue weighted by Gasteiger charge is 2.47. The number of hydrogen-bond acceptors (Lipinski definition) is 3. The standard InChI is InChI=1S/C20H21ClN2O3/c1-20(11-10-15-6-3-2-4-7-15)18(24)23(19(25)22-20)12-13-26-17-9-5-8-16(21)14-17/h2-9,14H,10-13H2,1H3,(H,22,25). The lowest BCUT2D eigenvalue weighted by atomic mass is 9.93.